The first kappa shape index (κ1) is 12.6. The van der Waals surface area contributed by atoms with Gasteiger partial charge in [-0.15, -0.1) is 0 Å². The number of fused-ring (bicyclic) bond motifs is 1. The van der Waals surface area contributed by atoms with Crippen LogP contribution in [0.1, 0.15) is 35.5 Å². The van der Waals surface area contributed by atoms with Crippen molar-refractivity contribution in [1.82, 2.24) is 14.3 Å². The van der Waals surface area contributed by atoms with Crippen LogP contribution in [0.5, 0.6) is 0 Å². The van der Waals surface area contributed by atoms with E-state index in [4.69, 9.17) is 0 Å². The van der Waals surface area contributed by atoms with Gasteiger partial charge < -0.3 is 0 Å². The Kier molecular flexibility index (Phi) is 3.49. The van der Waals surface area contributed by atoms with Gasteiger partial charge in [0, 0.05) is 5.69 Å². The zero-order chi connectivity index (χ0) is 13.2. The van der Waals surface area contributed by atoms with E-state index in [9.17, 15) is 5.26 Å². The van der Waals surface area contributed by atoms with Crippen molar-refractivity contribution in [2.24, 2.45) is 0 Å². The molecule has 4 nitrogen and oxygen atoms in total. The molecule has 0 aromatic carbocycles. The lowest BCUT2D eigenvalue weighted by atomic mass is 9.95. The summed E-state index contributed by atoms with van der Waals surface area (Å²) < 4.78 is 5.00. The largest absolute Gasteiger partial charge is 0.244 e. The first-order valence-electron chi connectivity index (χ1n) is 6.17. The van der Waals surface area contributed by atoms with Gasteiger partial charge >= 0.3 is 0 Å². The molecule has 0 saturated heterocycles. The fraction of sp³-hybridized carbons (Fsp3) is 0.385. The fourth-order valence-electron chi connectivity index (χ4n) is 2.17. The summed E-state index contributed by atoms with van der Waals surface area (Å²) in [5.41, 5.74) is 3.04. The molecule has 1 aliphatic rings. The SMILES string of the molecule is Cc1nsc(Sc2nc3c(cc2C#N)CCCC3)n1. The Morgan fingerprint density at radius 3 is 2.89 bits per heavy atom. The van der Waals surface area contributed by atoms with E-state index < -0.39 is 0 Å². The third-order valence-corrected chi connectivity index (χ3v) is 4.93. The minimum absolute atomic E-state index is 0.651. The van der Waals surface area contributed by atoms with Crippen LogP contribution in [0.2, 0.25) is 0 Å². The molecule has 0 spiro atoms. The van der Waals surface area contributed by atoms with Gasteiger partial charge in [-0.2, -0.15) is 9.64 Å². The van der Waals surface area contributed by atoms with Gasteiger partial charge in [-0.25, -0.2) is 9.97 Å². The molecule has 0 radical (unpaired) electrons. The molecule has 19 heavy (non-hydrogen) atoms. The van der Waals surface area contributed by atoms with Crippen molar-refractivity contribution in [3.63, 3.8) is 0 Å². The molecule has 6 heteroatoms. The van der Waals surface area contributed by atoms with Gasteiger partial charge in [0.05, 0.1) is 5.56 Å². The third kappa shape index (κ3) is 2.62. The maximum absolute atomic E-state index is 9.27. The second-order valence-corrected chi connectivity index (χ2v) is 6.46. The van der Waals surface area contributed by atoms with Gasteiger partial charge in [0.15, 0.2) is 4.34 Å². The van der Waals surface area contributed by atoms with Crippen molar-refractivity contribution in [1.29, 1.82) is 5.26 Å². The van der Waals surface area contributed by atoms with Crippen LogP contribution in [-0.4, -0.2) is 14.3 Å². The minimum Gasteiger partial charge on any atom is -0.244 e. The number of hydrogen-bond donors (Lipinski definition) is 0. The number of pyridine rings is 1. The normalized spacial score (nSPS) is 13.9. The summed E-state index contributed by atoms with van der Waals surface area (Å²) in [7, 11) is 0. The summed E-state index contributed by atoms with van der Waals surface area (Å²) in [6.45, 7) is 1.87. The molecule has 1 aliphatic carbocycles. The summed E-state index contributed by atoms with van der Waals surface area (Å²) in [4.78, 5) is 8.98. The van der Waals surface area contributed by atoms with Crippen LogP contribution in [0.3, 0.4) is 0 Å². The van der Waals surface area contributed by atoms with E-state index >= 15 is 0 Å². The van der Waals surface area contributed by atoms with Crippen LogP contribution in [0, 0.1) is 18.3 Å². The molecule has 0 unspecified atom stereocenters. The van der Waals surface area contributed by atoms with Crippen molar-refractivity contribution in [2.45, 2.75) is 42.0 Å². The highest BCUT2D eigenvalue weighted by atomic mass is 32.2. The zero-order valence-corrected chi connectivity index (χ0v) is 12.1. The smallest absolute Gasteiger partial charge is 0.176 e. The Balaban J connectivity index is 1.98. The predicted octanol–water partition coefficient (Wildman–Crippen LogP) is 3.14. The summed E-state index contributed by atoms with van der Waals surface area (Å²) in [5.74, 6) is 0.768. The summed E-state index contributed by atoms with van der Waals surface area (Å²) >= 11 is 2.80. The van der Waals surface area contributed by atoms with Crippen molar-refractivity contribution in [3.05, 3.63) is 28.7 Å². The average Bonchev–Trinajstić information content (AvgIpc) is 2.83. The molecule has 0 fully saturated rings. The van der Waals surface area contributed by atoms with E-state index in [0.29, 0.717) is 5.56 Å². The van der Waals surface area contributed by atoms with Crippen molar-refractivity contribution in [3.8, 4) is 6.07 Å². The summed E-state index contributed by atoms with van der Waals surface area (Å²) in [5, 5.41) is 10.0. The molecule has 2 heterocycles. The average molecular weight is 288 g/mol. The molecule has 0 amide bonds. The molecule has 0 bridgehead atoms. The van der Waals surface area contributed by atoms with Gasteiger partial charge in [-0.05, 0) is 67.5 Å². The van der Waals surface area contributed by atoms with Crippen LogP contribution in [0.25, 0.3) is 0 Å². The van der Waals surface area contributed by atoms with E-state index in [0.717, 1.165) is 33.7 Å². The molecule has 0 N–H and O–H groups in total. The number of hydrogen-bond acceptors (Lipinski definition) is 6. The minimum atomic E-state index is 0.651. The molecule has 0 atom stereocenters. The number of aryl methyl sites for hydroxylation is 3. The quantitative estimate of drug-likeness (QED) is 0.849. The fourth-order valence-corrected chi connectivity index (χ4v) is 3.81. The van der Waals surface area contributed by atoms with E-state index in [1.54, 1.807) is 0 Å². The molecular weight excluding hydrogens is 276 g/mol. The Morgan fingerprint density at radius 2 is 2.16 bits per heavy atom. The maximum Gasteiger partial charge on any atom is 0.176 e. The van der Waals surface area contributed by atoms with Crippen molar-refractivity contribution in [2.75, 3.05) is 0 Å². The third-order valence-electron chi connectivity index (χ3n) is 3.08. The highest BCUT2D eigenvalue weighted by molar-refractivity contribution is 8.00. The monoisotopic (exact) mass is 288 g/mol. The highest BCUT2D eigenvalue weighted by Crippen LogP contribution is 2.32. The standard InChI is InChI=1S/C13H12N4S2/c1-8-15-13(19-17-8)18-12-10(7-14)6-9-4-2-3-5-11(9)16-12/h6H,2-5H2,1H3. The van der Waals surface area contributed by atoms with Crippen LogP contribution < -0.4 is 0 Å². The van der Waals surface area contributed by atoms with Gasteiger partial charge in [0.25, 0.3) is 0 Å². The van der Waals surface area contributed by atoms with Crippen LogP contribution in [0.15, 0.2) is 15.4 Å². The molecule has 0 aliphatic heterocycles. The number of nitriles is 1. The molecule has 2 aromatic heterocycles. The predicted molar refractivity (Wildman–Crippen MR) is 74.4 cm³/mol. The Labute approximate surface area is 120 Å². The Hall–Kier alpha value is -1.45. The van der Waals surface area contributed by atoms with E-state index in [1.165, 1.54) is 41.7 Å². The molecular formula is C13H12N4S2. The van der Waals surface area contributed by atoms with Crippen molar-refractivity contribution < 1.29 is 0 Å². The van der Waals surface area contributed by atoms with E-state index in [-0.39, 0.29) is 0 Å². The maximum atomic E-state index is 9.27. The lowest BCUT2D eigenvalue weighted by molar-refractivity contribution is 0.660. The van der Waals surface area contributed by atoms with Gasteiger partial charge in [0.2, 0.25) is 0 Å². The van der Waals surface area contributed by atoms with Gasteiger partial charge in [0.1, 0.15) is 16.9 Å². The summed E-state index contributed by atoms with van der Waals surface area (Å²) in [6, 6.07) is 4.24. The van der Waals surface area contributed by atoms with Crippen LogP contribution in [-0.2, 0) is 12.8 Å². The highest BCUT2D eigenvalue weighted by Gasteiger charge is 2.16. The van der Waals surface area contributed by atoms with Crippen LogP contribution >= 0.6 is 23.3 Å². The van der Waals surface area contributed by atoms with E-state index in [1.807, 2.05) is 13.0 Å². The van der Waals surface area contributed by atoms with Gasteiger partial charge in [-0.1, -0.05) is 0 Å². The Bertz CT molecular complexity index is 657. The molecule has 0 saturated carbocycles. The first-order valence-corrected chi connectivity index (χ1v) is 7.76. The molecule has 3 rings (SSSR count). The molecule has 96 valence electrons. The van der Waals surface area contributed by atoms with Crippen molar-refractivity contribution >= 4 is 23.3 Å². The number of rotatable bonds is 2. The summed E-state index contributed by atoms with van der Waals surface area (Å²) in [6.07, 6.45) is 4.44. The topological polar surface area (TPSA) is 62.5 Å². The second kappa shape index (κ2) is 5.27. The number of nitrogens with zero attached hydrogens (tertiary/aromatic N) is 4. The lowest BCUT2D eigenvalue weighted by Gasteiger charge is -2.15. The Morgan fingerprint density at radius 1 is 1.32 bits per heavy atom. The van der Waals surface area contributed by atoms with E-state index in [2.05, 4.69) is 20.4 Å². The molecule has 2 aromatic rings. The number of aromatic nitrogens is 3. The zero-order valence-electron chi connectivity index (χ0n) is 10.5. The first-order chi connectivity index (χ1) is 9.26. The lowest BCUT2D eigenvalue weighted by Crippen LogP contribution is -2.07. The second-order valence-electron chi connectivity index (χ2n) is 4.48. The van der Waals surface area contributed by atoms with Gasteiger partial charge in [-0.3, -0.25) is 0 Å². The van der Waals surface area contributed by atoms with Crippen LogP contribution in [0.4, 0.5) is 0 Å².